The Morgan fingerprint density at radius 1 is 0.897 bits per heavy atom. The van der Waals surface area contributed by atoms with E-state index >= 15 is 0 Å². The first kappa shape index (κ1) is 21.6. The van der Waals surface area contributed by atoms with E-state index in [0.29, 0.717) is 27.9 Å². The molecule has 0 aliphatic heterocycles. The maximum Gasteiger partial charge on any atom is 0.337 e. The number of nitrogens with one attached hydrogen (secondary N) is 1. The van der Waals surface area contributed by atoms with Crippen LogP contribution < -0.4 is 5.32 Å². The third-order valence-corrected chi connectivity index (χ3v) is 4.23. The molecule has 0 bridgehead atoms. The number of benzene rings is 2. The van der Waals surface area contributed by atoms with Gasteiger partial charge < -0.3 is 14.8 Å². The SMILES string of the molecule is COC(=O)c1ccc(CN(C(C)=O)C(=O)Nc2ccc(C(=O)OC)cc2C)cc1. The molecule has 3 amide bonds. The lowest BCUT2D eigenvalue weighted by Gasteiger charge is -2.21. The molecule has 8 heteroatoms. The molecule has 2 aromatic rings. The third kappa shape index (κ3) is 5.41. The highest BCUT2D eigenvalue weighted by atomic mass is 16.5. The van der Waals surface area contributed by atoms with Gasteiger partial charge in [0, 0.05) is 12.6 Å². The van der Waals surface area contributed by atoms with Crippen molar-refractivity contribution in [2.24, 2.45) is 0 Å². The van der Waals surface area contributed by atoms with Gasteiger partial charge in [0.15, 0.2) is 0 Å². The van der Waals surface area contributed by atoms with Crippen LogP contribution in [0.2, 0.25) is 0 Å². The molecule has 0 aliphatic rings. The molecule has 152 valence electrons. The molecule has 8 nitrogen and oxygen atoms in total. The molecule has 1 N–H and O–H groups in total. The predicted octanol–water partition coefficient (Wildman–Crippen LogP) is 3.15. The molecule has 0 radical (unpaired) electrons. The van der Waals surface area contributed by atoms with E-state index < -0.39 is 23.9 Å². The van der Waals surface area contributed by atoms with Gasteiger partial charge in [0.25, 0.3) is 0 Å². The van der Waals surface area contributed by atoms with Gasteiger partial charge in [-0.25, -0.2) is 14.4 Å². The number of hydrogen-bond acceptors (Lipinski definition) is 6. The fourth-order valence-electron chi connectivity index (χ4n) is 2.60. The molecular formula is C21H22N2O6. The molecule has 0 atom stereocenters. The Morgan fingerprint density at radius 3 is 1.97 bits per heavy atom. The van der Waals surface area contributed by atoms with Crippen LogP contribution in [0.1, 0.15) is 38.8 Å². The molecular weight excluding hydrogens is 376 g/mol. The molecule has 0 unspecified atom stereocenters. The lowest BCUT2D eigenvalue weighted by Crippen LogP contribution is -2.38. The van der Waals surface area contributed by atoms with Gasteiger partial charge in [-0.3, -0.25) is 9.69 Å². The van der Waals surface area contributed by atoms with E-state index in [4.69, 9.17) is 0 Å². The van der Waals surface area contributed by atoms with E-state index in [0.717, 1.165) is 4.90 Å². The predicted molar refractivity (Wildman–Crippen MR) is 106 cm³/mol. The van der Waals surface area contributed by atoms with Crippen LogP contribution in [0.3, 0.4) is 0 Å². The summed E-state index contributed by atoms with van der Waals surface area (Å²) in [7, 11) is 2.58. The summed E-state index contributed by atoms with van der Waals surface area (Å²) < 4.78 is 9.32. The largest absolute Gasteiger partial charge is 0.465 e. The Hall–Kier alpha value is -3.68. The number of hydrogen-bond donors (Lipinski definition) is 1. The topological polar surface area (TPSA) is 102 Å². The number of ether oxygens (including phenoxy) is 2. The molecule has 0 heterocycles. The van der Waals surface area contributed by atoms with Gasteiger partial charge in [-0.1, -0.05) is 12.1 Å². The summed E-state index contributed by atoms with van der Waals surface area (Å²) in [6, 6.07) is 10.5. The average Bonchev–Trinajstić information content (AvgIpc) is 2.72. The van der Waals surface area contributed by atoms with Crippen LogP contribution in [0.25, 0.3) is 0 Å². The second-order valence-corrected chi connectivity index (χ2v) is 6.25. The van der Waals surface area contributed by atoms with E-state index in [2.05, 4.69) is 14.8 Å². The summed E-state index contributed by atoms with van der Waals surface area (Å²) in [5.41, 5.74) is 2.51. The van der Waals surface area contributed by atoms with Crippen LogP contribution in [0.4, 0.5) is 10.5 Å². The Balaban J connectivity index is 2.15. The maximum atomic E-state index is 12.6. The highest BCUT2D eigenvalue weighted by molar-refractivity contribution is 6.01. The zero-order valence-electron chi connectivity index (χ0n) is 16.6. The fraction of sp³-hybridized carbons (Fsp3) is 0.238. The van der Waals surface area contributed by atoms with Crippen LogP contribution in [0, 0.1) is 6.92 Å². The van der Waals surface area contributed by atoms with Crippen molar-refractivity contribution in [1.82, 2.24) is 4.90 Å². The standard InChI is InChI=1S/C21H22N2O6/c1-13-11-17(20(26)29-4)9-10-18(13)22-21(27)23(14(2)24)12-15-5-7-16(8-6-15)19(25)28-3/h5-11H,12H2,1-4H3,(H,22,27). The van der Waals surface area contributed by atoms with E-state index in [1.807, 2.05) is 0 Å². The highest BCUT2D eigenvalue weighted by Crippen LogP contribution is 2.18. The van der Waals surface area contributed by atoms with Crippen molar-refractivity contribution in [3.8, 4) is 0 Å². The highest BCUT2D eigenvalue weighted by Gasteiger charge is 2.20. The van der Waals surface area contributed by atoms with Crippen LogP contribution in [0.5, 0.6) is 0 Å². The Morgan fingerprint density at radius 2 is 1.45 bits per heavy atom. The minimum atomic E-state index is -0.608. The van der Waals surface area contributed by atoms with Gasteiger partial charge in [-0.15, -0.1) is 0 Å². The van der Waals surface area contributed by atoms with E-state index in [1.54, 1.807) is 43.3 Å². The fourth-order valence-corrected chi connectivity index (χ4v) is 2.60. The van der Waals surface area contributed by atoms with Crippen LogP contribution in [-0.4, -0.2) is 43.0 Å². The van der Waals surface area contributed by atoms with Crippen molar-refractivity contribution >= 4 is 29.6 Å². The minimum absolute atomic E-state index is 0.0297. The smallest absolute Gasteiger partial charge is 0.337 e. The van der Waals surface area contributed by atoms with Crippen LogP contribution >= 0.6 is 0 Å². The van der Waals surface area contributed by atoms with Gasteiger partial charge in [-0.05, 0) is 48.4 Å². The first-order valence-corrected chi connectivity index (χ1v) is 8.72. The number of urea groups is 1. The first-order chi connectivity index (χ1) is 13.8. The molecule has 0 aromatic heterocycles. The molecule has 0 spiro atoms. The lowest BCUT2D eigenvalue weighted by atomic mass is 10.1. The minimum Gasteiger partial charge on any atom is -0.465 e. The van der Waals surface area contributed by atoms with Crippen molar-refractivity contribution in [3.63, 3.8) is 0 Å². The Kier molecular flexibility index (Phi) is 7.08. The van der Waals surface area contributed by atoms with Gasteiger partial charge in [-0.2, -0.15) is 0 Å². The Labute approximate surface area is 168 Å². The Bertz CT molecular complexity index is 937. The van der Waals surface area contributed by atoms with E-state index in [9.17, 15) is 19.2 Å². The van der Waals surface area contributed by atoms with Crippen molar-refractivity contribution in [1.29, 1.82) is 0 Å². The zero-order valence-corrected chi connectivity index (χ0v) is 16.6. The molecule has 2 rings (SSSR count). The number of amides is 3. The van der Waals surface area contributed by atoms with Crippen molar-refractivity contribution in [2.75, 3.05) is 19.5 Å². The summed E-state index contributed by atoms with van der Waals surface area (Å²) >= 11 is 0. The summed E-state index contributed by atoms with van der Waals surface area (Å²) in [6.45, 7) is 3.04. The number of esters is 2. The number of rotatable bonds is 5. The molecule has 0 saturated heterocycles. The van der Waals surface area contributed by atoms with Crippen LogP contribution in [-0.2, 0) is 20.8 Å². The number of anilines is 1. The number of aryl methyl sites for hydroxylation is 1. The molecule has 0 aliphatic carbocycles. The van der Waals surface area contributed by atoms with Crippen molar-refractivity contribution in [3.05, 3.63) is 64.7 Å². The van der Waals surface area contributed by atoms with Crippen molar-refractivity contribution < 1.29 is 28.7 Å². The number of carbonyl (C=O) groups is 4. The van der Waals surface area contributed by atoms with Gasteiger partial charge >= 0.3 is 18.0 Å². The summed E-state index contributed by atoms with van der Waals surface area (Å²) in [6.07, 6.45) is 0. The number of imide groups is 1. The first-order valence-electron chi connectivity index (χ1n) is 8.72. The summed E-state index contributed by atoms with van der Waals surface area (Å²) in [5, 5.41) is 2.67. The number of nitrogens with zero attached hydrogens (tertiary/aromatic N) is 1. The molecule has 0 saturated carbocycles. The third-order valence-electron chi connectivity index (χ3n) is 4.23. The van der Waals surface area contributed by atoms with E-state index in [1.165, 1.54) is 27.2 Å². The molecule has 29 heavy (non-hydrogen) atoms. The monoisotopic (exact) mass is 398 g/mol. The quantitative estimate of drug-likeness (QED) is 0.777. The van der Waals surface area contributed by atoms with Gasteiger partial charge in [0.05, 0.1) is 31.9 Å². The van der Waals surface area contributed by atoms with Crippen LogP contribution in [0.15, 0.2) is 42.5 Å². The van der Waals surface area contributed by atoms with E-state index in [-0.39, 0.29) is 6.54 Å². The molecule has 0 fully saturated rings. The summed E-state index contributed by atoms with van der Waals surface area (Å²) in [5.74, 6) is -1.39. The maximum absolute atomic E-state index is 12.6. The van der Waals surface area contributed by atoms with Gasteiger partial charge in [0.1, 0.15) is 0 Å². The second kappa shape index (κ2) is 9.50. The zero-order chi connectivity index (χ0) is 21.6. The number of methoxy groups -OCH3 is 2. The second-order valence-electron chi connectivity index (χ2n) is 6.25. The lowest BCUT2D eigenvalue weighted by molar-refractivity contribution is -0.126. The average molecular weight is 398 g/mol. The molecule has 2 aromatic carbocycles. The summed E-state index contributed by atoms with van der Waals surface area (Å²) in [4.78, 5) is 48.8. The number of carbonyl (C=O) groups excluding carboxylic acids is 4. The van der Waals surface area contributed by atoms with Crippen molar-refractivity contribution in [2.45, 2.75) is 20.4 Å². The van der Waals surface area contributed by atoms with Gasteiger partial charge in [0.2, 0.25) is 5.91 Å². The normalized spacial score (nSPS) is 10.1.